The van der Waals surface area contributed by atoms with E-state index in [1.54, 1.807) is 0 Å². The van der Waals surface area contributed by atoms with Crippen LogP contribution in [0.4, 0.5) is 52.7 Å². The summed E-state index contributed by atoms with van der Waals surface area (Å²) in [6, 6.07) is -0.406. The first-order valence-corrected chi connectivity index (χ1v) is 8.75. The van der Waals surface area contributed by atoms with Gasteiger partial charge in [-0.25, -0.2) is 0 Å². The maximum Gasteiger partial charge on any atom is 0.419 e. The number of benzene rings is 2. The van der Waals surface area contributed by atoms with Crippen molar-refractivity contribution < 1.29 is 62.9 Å². The fourth-order valence-corrected chi connectivity index (χ4v) is 2.60. The summed E-state index contributed by atoms with van der Waals surface area (Å²) in [6.07, 6.45) is -20.5. The minimum absolute atomic E-state index is 0.131. The highest BCUT2D eigenvalue weighted by Crippen LogP contribution is 2.43. The second-order valence-electron chi connectivity index (χ2n) is 6.68. The summed E-state index contributed by atoms with van der Waals surface area (Å²) in [5, 5.41) is 19.3. The SMILES string of the molecule is Oc1c(C=NCN=Cc2cc(C(F)(F)F)cc(C(F)(F)F)c2O)cc(C(F)(F)F)cc1C(F)(F)F. The second-order valence-corrected chi connectivity index (χ2v) is 6.68. The quantitative estimate of drug-likeness (QED) is 0.346. The number of aliphatic imine (C=N–C) groups is 2. The number of aromatic hydroxyl groups is 2. The lowest BCUT2D eigenvalue weighted by atomic mass is 10.0. The Morgan fingerprint density at radius 1 is 0.543 bits per heavy atom. The summed E-state index contributed by atoms with van der Waals surface area (Å²) in [5.41, 5.74) is -9.67. The summed E-state index contributed by atoms with van der Waals surface area (Å²) in [5.74, 6) is -3.22. The van der Waals surface area contributed by atoms with E-state index in [4.69, 9.17) is 0 Å². The normalized spacial score (nSPS) is 13.8. The molecule has 0 unspecified atom stereocenters. The number of phenolic OH excluding ortho intramolecular Hbond substituents is 2. The summed E-state index contributed by atoms with van der Waals surface area (Å²) in [4.78, 5) is 6.58. The Kier molecular flexibility index (Phi) is 7.38. The van der Waals surface area contributed by atoms with E-state index in [9.17, 15) is 62.9 Å². The van der Waals surface area contributed by atoms with Crippen LogP contribution in [0.3, 0.4) is 0 Å². The van der Waals surface area contributed by atoms with Crippen molar-refractivity contribution in [3.05, 3.63) is 57.6 Å². The molecule has 0 aliphatic heterocycles. The average molecular weight is 526 g/mol. The van der Waals surface area contributed by atoms with Crippen LogP contribution in [0.25, 0.3) is 0 Å². The topological polar surface area (TPSA) is 65.2 Å². The van der Waals surface area contributed by atoms with E-state index in [1.165, 1.54) is 0 Å². The summed E-state index contributed by atoms with van der Waals surface area (Å²) in [7, 11) is 0. The van der Waals surface area contributed by atoms with E-state index in [2.05, 4.69) is 9.98 Å². The lowest BCUT2D eigenvalue weighted by molar-refractivity contribution is -0.145. The predicted molar refractivity (Wildman–Crippen MR) is 96.3 cm³/mol. The maximum atomic E-state index is 12.9. The van der Waals surface area contributed by atoms with Gasteiger partial charge in [-0.2, -0.15) is 52.7 Å². The van der Waals surface area contributed by atoms with Gasteiger partial charge in [0.05, 0.1) is 22.3 Å². The zero-order valence-corrected chi connectivity index (χ0v) is 16.5. The fraction of sp³-hybridized carbons (Fsp3) is 0.263. The summed E-state index contributed by atoms with van der Waals surface area (Å²) < 4.78 is 155. The molecule has 2 aromatic carbocycles. The second kappa shape index (κ2) is 9.30. The molecule has 0 aromatic heterocycles. The maximum absolute atomic E-state index is 12.9. The minimum Gasteiger partial charge on any atom is -0.507 e. The molecular formula is C19H10F12N2O2. The van der Waals surface area contributed by atoms with E-state index in [1.807, 2.05) is 0 Å². The Labute approximate surface area is 186 Å². The summed E-state index contributed by atoms with van der Waals surface area (Å²) >= 11 is 0. The third kappa shape index (κ3) is 6.79. The molecule has 2 aromatic rings. The van der Waals surface area contributed by atoms with Gasteiger partial charge in [0.1, 0.15) is 18.2 Å². The van der Waals surface area contributed by atoms with Gasteiger partial charge in [0.15, 0.2) is 0 Å². The van der Waals surface area contributed by atoms with Crippen LogP contribution >= 0.6 is 0 Å². The van der Waals surface area contributed by atoms with Crippen molar-refractivity contribution in [2.24, 2.45) is 9.98 Å². The Bertz CT molecular complexity index is 1050. The molecule has 0 saturated heterocycles. The van der Waals surface area contributed by atoms with Crippen molar-refractivity contribution in [2.45, 2.75) is 24.7 Å². The van der Waals surface area contributed by atoms with Crippen LogP contribution in [0.5, 0.6) is 11.5 Å². The van der Waals surface area contributed by atoms with Crippen molar-refractivity contribution in [2.75, 3.05) is 6.67 Å². The van der Waals surface area contributed by atoms with E-state index >= 15 is 0 Å². The molecule has 35 heavy (non-hydrogen) atoms. The van der Waals surface area contributed by atoms with Crippen molar-refractivity contribution in [1.29, 1.82) is 0 Å². The summed E-state index contributed by atoms with van der Waals surface area (Å²) in [6.45, 7) is -0.923. The standard InChI is InChI=1S/C19H10F12N2O2/c20-16(21,22)10-1-8(14(34)12(3-10)18(26,27)28)5-32-7-33-6-9-2-11(17(23,24)25)4-13(15(9)35)19(29,30)31/h1-6,34-35H,7H2. The van der Waals surface area contributed by atoms with Gasteiger partial charge in [0.2, 0.25) is 0 Å². The lowest BCUT2D eigenvalue weighted by Gasteiger charge is -2.15. The lowest BCUT2D eigenvalue weighted by Crippen LogP contribution is -2.12. The van der Waals surface area contributed by atoms with Crippen molar-refractivity contribution in [1.82, 2.24) is 0 Å². The first-order chi connectivity index (χ1) is 15.7. The highest BCUT2D eigenvalue weighted by atomic mass is 19.4. The van der Waals surface area contributed by atoms with Crippen LogP contribution in [0.2, 0.25) is 0 Å². The number of hydrogen-bond acceptors (Lipinski definition) is 4. The molecule has 0 amide bonds. The van der Waals surface area contributed by atoms with Gasteiger partial charge >= 0.3 is 24.7 Å². The van der Waals surface area contributed by atoms with Gasteiger partial charge < -0.3 is 10.2 Å². The van der Waals surface area contributed by atoms with Crippen LogP contribution in [-0.4, -0.2) is 29.3 Å². The highest BCUT2D eigenvalue weighted by molar-refractivity contribution is 5.86. The molecule has 2 N–H and O–H groups in total. The van der Waals surface area contributed by atoms with Gasteiger partial charge in [0, 0.05) is 23.6 Å². The van der Waals surface area contributed by atoms with Gasteiger partial charge in [-0.3, -0.25) is 9.98 Å². The molecule has 0 radical (unpaired) electrons. The van der Waals surface area contributed by atoms with E-state index < -0.39 is 76.3 Å². The monoisotopic (exact) mass is 526 g/mol. The van der Waals surface area contributed by atoms with Gasteiger partial charge in [-0.1, -0.05) is 0 Å². The first kappa shape index (κ1) is 27.8. The van der Waals surface area contributed by atoms with Gasteiger partial charge in [-0.05, 0) is 24.3 Å². The Hall–Kier alpha value is -3.46. The number of halogens is 12. The van der Waals surface area contributed by atoms with Crippen molar-refractivity contribution in [3.63, 3.8) is 0 Å². The molecular weight excluding hydrogens is 516 g/mol. The van der Waals surface area contributed by atoms with Crippen LogP contribution in [0.15, 0.2) is 34.3 Å². The predicted octanol–water partition coefficient (Wildman–Crippen LogP) is 6.67. The number of hydrogen-bond donors (Lipinski definition) is 2. The number of alkyl halides is 12. The van der Waals surface area contributed by atoms with Gasteiger partial charge in [-0.15, -0.1) is 0 Å². The van der Waals surface area contributed by atoms with Crippen molar-refractivity contribution in [3.8, 4) is 11.5 Å². The number of rotatable bonds is 4. The molecule has 0 aliphatic carbocycles. The zero-order chi connectivity index (χ0) is 27.0. The molecule has 0 fully saturated rings. The molecule has 0 atom stereocenters. The fourth-order valence-electron chi connectivity index (χ4n) is 2.60. The first-order valence-electron chi connectivity index (χ1n) is 8.75. The molecule has 0 aliphatic rings. The van der Waals surface area contributed by atoms with Crippen LogP contribution in [-0.2, 0) is 24.7 Å². The molecule has 0 bridgehead atoms. The molecule has 16 heteroatoms. The Morgan fingerprint density at radius 2 is 0.857 bits per heavy atom. The van der Waals surface area contributed by atoms with Crippen LogP contribution < -0.4 is 0 Å². The molecule has 0 saturated carbocycles. The van der Waals surface area contributed by atoms with Crippen LogP contribution in [0, 0.1) is 0 Å². The molecule has 0 heterocycles. The Morgan fingerprint density at radius 3 is 1.11 bits per heavy atom. The van der Waals surface area contributed by atoms with E-state index in [-0.39, 0.29) is 24.3 Å². The molecule has 0 spiro atoms. The minimum atomic E-state index is -5.37. The number of nitrogens with zero attached hydrogens (tertiary/aromatic N) is 2. The Balaban J connectivity index is 2.39. The van der Waals surface area contributed by atoms with E-state index in [0.29, 0.717) is 12.4 Å². The van der Waals surface area contributed by atoms with E-state index in [0.717, 1.165) is 0 Å². The third-order valence-corrected chi connectivity index (χ3v) is 4.17. The highest BCUT2D eigenvalue weighted by Gasteiger charge is 2.41. The molecule has 4 nitrogen and oxygen atoms in total. The molecule has 192 valence electrons. The zero-order valence-electron chi connectivity index (χ0n) is 16.5. The average Bonchev–Trinajstić information content (AvgIpc) is 2.66. The largest absolute Gasteiger partial charge is 0.507 e. The van der Waals surface area contributed by atoms with Crippen molar-refractivity contribution >= 4 is 12.4 Å². The van der Waals surface area contributed by atoms with Crippen LogP contribution in [0.1, 0.15) is 33.4 Å². The third-order valence-electron chi connectivity index (χ3n) is 4.17. The van der Waals surface area contributed by atoms with Gasteiger partial charge in [0.25, 0.3) is 0 Å². The smallest absolute Gasteiger partial charge is 0.419 e. The number of phenols is 2. The molecule has 2 rings (SSSR count).